The molecule has 0 bridgehead atoms. The third kappa shape index (κ3) is 5.89. The van der Waals surface area contributed by atoms with E-state index in [2.05, 4.69) is 15.3 Å². The molecular weight excluding hydrogens is 344 g/mol. The monoisotopic (exact) mass is 372 g/mol. The molecule has 7 heteroatoms. The summed E-state index contributed by atoms with van der Waals surface area (Å²) in [6.07, 6.45) is 4.15. The van der Waals surface area contributed by atoms with E-state index in [-0.39, 0.29) is 0 Å². The number of ether oxygens (including phenoxy) is 2. The first kappa shape index (κ1) is 19.5. The van der Waals surface area contributed by atoms with Crippen LogP contribution in [0.4, 0.5) is 5.95 Å². The number of aromatic nitrogens is 2. The minimum absolute atomic E-state index is 0.531. The molecule has 1 aromatic heterocycles. The normalized spacial score (nSPS) is 19.4. The highest BCUT2D eigenvalue weighted by Crippen LogP contribution is 2.23. The Morgan fingerprint density at radius 3 is 2.70 bits per heavy atom. The van der Waals surface area contributed by atoms with Gasteiger partial charge in [0.15, 0.2) is 0 Å². The number of rotatable bonds is 10. The minimum Gasteiger partial charge on any atom is -0.491 e. The average Bonchev–Trinajstić information content (AvgIpc) is 3.09. The molecule has 2 aromatic rings. The Hall–Kier alpha value is -2.22. The van der Waals surface area contributed by atoms with Crippen LogP contribution in [0.5, 0.6) is 5.75 Å². The standard InChI is InChI=1S/C20H28N4O3/c1-2-26-12-13-27-18-6-4-17(5-7-18)14-21-15-20(25)8-11-24(16-20)19-22-9-3-10-23-19/h3-7,9-10,21,25H,2,8,11-16H2,1H3. The van der Waals surface area contributed by atoms with E-state index in [9.17, 15) is 5.11 Å². The summed E-state index contributed by atoms with van der Waals surface area (Å²) in [6.45, 7) is 6.36. The summed E-state index contributed by atoms with van der Waals surface area (Å²) >= 11 is 0. The van der Waals surface area contributed by atoms with Crippen molar-refractivity contribution in [2.24, 2.45) is 0 Å². The molecule has 0 radical (unpaired) electrons. The van der Waals surface area contributed by atoms with Gasteiger partial charge in [0.05, 0.1) is 18.8 Å². The molecular formula is C20H28N4O3. The van der Waals surface area contributed by atoms with Crippen LogP contribution in [0.25, 0.3) is 0 Å². The second kappa shape index (κ2) is 9.64. The van der Waals surface area contributed by atoms with Crippen molar-refractivity contribution in [3.05, 3.63) is 48.3 Å². The number of benzene rings is 1. The molecule has 146 valence electrons. The molecule has 1 aliphatic heterocycles. The Labute approximate surface area is 160 Å². The molecule has 1 aromatic carbocycles. The van der Waals surface area contributed by atoms with E-state index in [4.69, 9.17) is 9.47 Å². The lowest BCUT2D eigenvalue weighted by Gasteiger charge is -2.24. The lowest BCUT2D eigenvalue weighted by molar-refractivity contribution is 0.0626. The van der Waals surface area contributed by atoms with Crippen molar-refractivity contribution in [1.82, 2.24) is 15.3 Å². The van der Waals surface area contributed by atoms with Crippen molar-refractivity contribution in [3.8, 4) is 5.75 Å². The average molecular weight is 372 g/mol. The van der Waals surface area contributed by atoms with Crippen molar-refractivity contribution in [3.63, 3.8) is 0 Å². The van der Waals surface area contributed by atoms with Crippen LogP contribution in [0.2, 0.25) is 0 Å². The maximum absolute atomic E-state index is 10.8. The van der Waals surface area contributed by atoms with Crippen LogP contribution in [0, 0.1) is 0 Å². The van der Waals surface area contributed by atoms with Crippen molar-refractivity contribution >= 4 is 5.95 Å². The largest absolute Gasteiger partial charge is 0.491 e. The second-order valence-electron chi connectivity index (χ2n) is 6.74. The maximum Gasteiger partial charge on any atom is 0.225 e. The van der Waals surface area contributed by atoms with Crippen LogP contribution in [0.15, 0.2) is 42.7 Å². The molecule has 0 spiro atoms. The Bertz CT molecular complexity index is 683. The van der Waals surface area contributed by atoms with Gasteiger partial charge in [-0.3, -0.25) is 0 Å². The van der Waals surface area contributed by atoms with Crippen LogP contribution >= 0.6 is 0 Å². The van der Waals surface area contributed by atoms with Gasteiger partial charge in [-0.2, -0.15) is 0 Å². The van der Waals surface area contributed by atoms with Gasteiger partial charge in [0.25, 0.3) is 0 Å². The summed E-state index contributed by atoms with van der Waals surface area (Å²) in [6, 6.07) is 9.78. The van der Waals surface area contributed by atoms with Gasteiger partial charge in [0.1, 0.15) is 12.4 Å². The first-order valence-electron chi connectivity index (χ1n) is 9.43. The van der Waals surface area contributed by atoms with Crippen molar-refractivity contribution < 1.29 is 14.6 Å². The Morgan fingerprint density at radius 2 is 1.96 bits per heavy atom. The summed E-state index contributed by atoms with van der Waals surface area (Å²) in [5.41, 5.74) is 0.388. The smallest absolute Gasteiger partial charge is 0.225 e. The second-order valence-corrected chi connectivity index (χ2v) is 6.74. The number of hydrogen-bond donors (Lipinski definition) is 2. The summed E-state index contributed by atoms with van der Waals surface area (Å²) in [4.78, 5) is 10.5. The number of β-amino-alcohol motifs (C(OH)–C–C–N with tert-alkyl or cyclic N) is 1. The summed E-state index contributed by atoms with van der Waals surface area (Å²) in [5, 5.41) is 14.2. The molecule has 1 fully saturated rings. The number of nitrogens with zero attached hydrogens (tertiary/aromatic N) is 3. The molecule has 1 atom stereocenters. The van der Waals surface area contributed by atoms with Gasteiger partial charge in [0, 0.05) is 38.6 Å². The number of nitrogens with one attached hydrogen (secondary N) is 1. The summed E-state index contributed by atoms with van der Waals surface area (Å²) in [7, 11) is 0. The van der Waals surface area contributed by atoms with E-state index < -0.39 is 5.60 Å². The van der Waals surface area contributed by atoms with Crippen molar-refractivity contribution in [2.75, 3.05) is 44.4 Å². The van der Waals surface area contributed by atoms with Crippen LogP contribution in [0.1, 0.15) is 18.9 Å². The topological polar surface area (TPSA) is 79.7 Å². The van der Waals surface area contributed by atoms with Crippen LogP contribution in [-0.4, -0.2) is 60.1 Å². The SMILES string of the molecule is CCOCCOc1ccc(CNCC2(O)CCN(c3ncccn3)C2)cc1. The molecule has 1 unspecified atom stereocenters. The highest BCUT2D eigenvalue weighted by molar-refractivity contribution is 5.32. The number of hydrogen-bond acceptors (Lipinski definition) is 7. The summed E-state index contributed by atoms with van der Waals surface area (Å²) < 4.78 is 10.9. The van der Waals surface area contributed by atoms with E-state index in [0.717, 1.165) is 17.9 Å². The van der Waals surface area contributed by atoms with Crippen LogP contribution in [0.3, 0.4) is 0 Å². The van der Waals surface area contributed by atoms with Crippen molar-refractivity contribution in [1.29, 1.82) is 0 Å². The van der Waals surface area contributed by atoms with E-state index in [0.29, 0.717) is 51.8 Å². The molecule has 0 saturated carbocycles. The molecule has 2 heterocycles. The van der Waals surface area contributed by atoms with E-state index >= 15 is 0 Å². The lowest BCUT2D eigenvalue weighted by atomic mass is 10.0. The first-order valence-corrected chi connectivity index (χ1v) is 9.43. The number of aliphatic hydroxyl groups is 1. The Kier molecular flexibility index (Phi) is 6.98. The highest BCUT2D eigenvalue weighted by atomic mass is 16.5. The first-order chi connectivity index (χ1) is 13.2. The Morgan fingerprint density at radius 1 is 1.19 bits per heavy atom. The molecule has 7 nitrogen and oxygen atoms in total. The molecule has 0 aliphatic carbocycles. The third-order valence-electron chi connectivity index (χ3n) is 4.57. The lowest BCUT2D eigenvalue weighted by Crippen LogP contribution is -2.43. The molecule has 3 rings (SSSR count). The van der Waals surface area contributed by atoms with Crippen LogP contribution in [-0.2, 0) is 11.3 Å². The van der Waals surface area contributed by atoms with Gasteiger partial charge in [-0.25, -0.2) is 9.97 Å². The molecule has 0 amide bonds. The molecule has 1 saturated heterocycles. The van der Waals surface area contributed by atoms with Gasteiger partial charge in [-0.05, 0) is 37.1 Å². The van der Waals surface area contributed by atoms with Crippen LogP contribution < -0.4 is 15.0 Å². The van der Waals surface area contributed by atoms with E-state index in [1.165, 1.54) is 0 Å². The molecule has 2 N–H and O–H groups in total. The highest BCUT2D eigenvalue weighted by Gasteiger charge is 2.36. The fourth-order valence-electron chi connectivity index (χ4n) is 3.13. The molecule has 27 heavy (non-hydrogen) atoms. The van der Waals surface area contributed by atoms with Crippen molar-refractivity contribution in [2.45, 2.75) is 25.5 Å². The zero-order valence-corrected chi connectivity index (χ0v) is 15.8. The van der Waals surface area contributed by atoms with Gasteiger partial charge in [-0.15, -0.1) is 0 Å². The molecule has 1 aliphatic rings. The maximum atomic E-state index is 10.8. The minimum atomic E-state index is -0.762. The van der Waals surface area contributed by atoms with E-state index in [1.54, 1.807) is 18.5 Å². The van der Waals surface area contributed by atoms with E-state index in [1.807, 2.05) is 36.1 Å². The fourth-order valence-corrected chi connectivity index (χ4v) is 3.13. The quantitative estimate of drug-likeness (QED) is 0.614. The fraction of sp³-hybridized carbons (Fsp3) is 0.500. The van der Waals surface area contributed by atoms with Gasteiger partial charge in [0.2, 0.25) is 5.95 Å². The zero-order valence-electron chi connectivity index (χ0n) is 15.8. The zero-order chi connectivity index (χ0) is 19.0. The predicted molar refractivity (Wildman–Crippen MR) is 104 cm³/mol. The third-order valence-corrected chi connectivity index (χ3v) is 4.57. The predicted octanol–water partition coefficient (Wildman–Crippen LogP) is 1.62. The Balaban J connectivity index is 1.40. The number of anilines is 1. The van der Waals surface area contributed by atoms with Gasteiger partial charge < -0.3 is 24.8 Å². The summed E-state index contributed by atoms with van der Waals surface area (Å²) in [5.74, 6) is 1.51. The van der Waals surface area contributed by atoms with Gasteiger partial charge >= 0.3 is 0 Å². The van der Waals surface area contributed by atoms with Gasteiger partial charge in [-0.1, -0.05) is 12.1 Å².